The highest BCUT2D eigenvalue weighted by Gasteiger charge is 2.14. The lowest BCUT2D eigenvalue weighted by molar-refractivity contribution is -0.114. The Hall–Kier alpha value is -3.96. The molecule has 0 saturated carbocycles. The van der Waals surface area contributed by atoms with Crippen LogP contribution in [0.25, 0.3) is 11.3 Å². The molecule has 0 aliphatic rings. The maximum atomic E-state index is 11.9. The van der Waals surface area contributed by atoms with E-state index in [0.29, 0.717) is 42.5 Å². The van der Waals surface area contributed by atoms with Gasteiger partial charge in [-0.05, 0) is 64.2 Å². The van der Waals surface area contributed by atoms with E-state index in [2.05, 4.69) is 26.6 Å². The minimum absolute atomic E-state index is 0.101. The van der Waals surface area contributed by atoms with Crippen LogP contribution in [-0.4, -0.2) is 80.4 Å². The first-order valence-electron chi connectivity index (χ1n) is 13.1. The van der Waals surface area contributed by atoms with Gasteiger partial charge in [-0.15, -0.1) is 0 Å². The van der Waals surface area contributed by atoms with Gasteiger partial charge >= 0.3 is 0 Å². The first-order chi connectivity index (χ1) is 18.8. The zero-order valence-electron chi connectivity index (χ0n) is 23.2. The number of hydrogen-bond acceptors (Lipinski definition) is 10. The Balaban J connectivity index is 2.12. The van der Waals surface area contributed by atoms with Crippen molar-refractivity contribution in [3.63, 3.8) is 0 Å². The molecule has 1 atom stereocenters. The molecule has 1 heterocycles. The summed E-state index contributed by atoms with van der Waals surface area (Å²) >= 11 is 0. The molecule has 1 amide bonds. The smallest absolute Gasteiger partial charge is 0.269 e. The molecule has 11 nitrogen and oxygen atoms in total. The number of benzene rings is 1. The van der Waals surface area contributed by atoms with E-state index < -0.39 is 12.0 Å². The van der Waals surface area contributed by atoms with Gasteiger partial charge in [0.25, 0.3) is 5.91 Å². The zero-order valence-corrected chi connectivity index (χ0v) is 23.2. The second-order valence-corrected chi connectivity index (χ2v) is 9.24. The number of pyridine rings is 1. The molecule has 0 saturated heterocycles. The van der Waals surface area contributed by atoms with Gasteiger partial charge in [0, 0.05) is 50.2 Å². The number of nitrogens with zero attached hydrogens (tertiary/aromatic N) is 1. The molecule has 0 fully saturated rings. The van der Waals surface area contributed by atoms with E-state index in [0.717, 1.165) is 24.1 Å². The van der Waals surface area contributed by atoms with Gasteiger partial charge in [0.05, 0.1) is 11.3 Å². The Morgan fingerprint density at radius 3 is 2.64 bits per heavy atom. The fraction of sp³-hybridized carbons (Fsp3) is 0.429. The molecule has 0 spiro atoms. The molecule has 1 unspecified atom stereocenters. The second kappa shape index (κ2) is 16.8. The number of likely N-dealkylation sites (N-methyl/N-ethyl adjacent to an activating group) is 1. The van der Waals surface area contributed by atoms with E-state index in [1.165, 1.54) is 18.5 Å². The molecule has 1 aromatic heterocycles. The average Bonchev–Trinajstić information content (AvgIpc) is 2.92. The third-order valence-electron chi connectivity index (χ3n) is 5.51. The maximum Gasteiger partial charge on any atom is 0.269 e. The van der Waals surface area contributed by atoms with Gasteiger partial charge in [-0.1, -0.05) is 12.1 Å². The largest absolute Gasteiger partial charge is 0.491 e. The monoisotopic (exact) mass is 538 g/mol. The van der Waals surface area contributed by atoms with E-state index in [9.17, 15) is 9.90 Å². The first-order valence-corrected chi connectivity index (χ1v) is 13.1. The summed E-state index contributed by atoms with van der Waals surface area (Å²) in [5.41, 5.74) is 2.90. The molecule has 0 bridgehead atoms. The molecule has 0 aliphatic carbocycles. The Bertz CT molecular complexity index is 1120. The van der Waals surface area contributed by atoms with E-state index >= 15 is 0 Å². The van der Waals surface area contributed by atoms with Crippen molar-refractivity contribution in [2.24, 2.45) is 0 Å². The number of carbonyl (C=O) groups is 1. The molecule has 212 valence electrons. The summed E-state index contributed by atoms with van der Waals surface area (Å²) < 4.78 is 5.77. The Morgan fingerprint density at radius 2 is 1.95 bits per heavy atom. The number of rotatable bonds is 18. The summed E-state index contributed by atoms with van der Waals surface area (Å²) in [6, 6.07) is 9.58. The normalized spacial score (nSPS) is 11.7. The van der Waals surface area contributed by atoms with E-state index in [1.807, 2.05) is 44.2 Å². The number of carbonyl (C=O) groups excluding carboxylic acids is 1. The number of amides is 1. The summed E-state index contributed by atoms with van der Waals surface area (Å²) in [5.74, 6) is 0.827. The van der Waals surface area contributed by atoms with Crippen molar-refractivity contribution in [2.75, 3.05) is 51.0 Å². The molecular formula is C28H42N8O3. The van der Waals surface area contributed by atoms with Crippen molar-refractivity contribution in [1.82, 2.24) is 20.9 Å². The van der Waals surface area contributed by atoms with Crippen molar-refractivity contribution >= 4 is 29.3 Å². The van der Waals surface area contributed by atoms with Gasteiger partial charge in [0.1, 0.15) is 30.0 Å². The number of hydrogen-bond donors (Lipinski definition) is 8. The number of aliphatic hydroxyl groups is 1. The standard InChI is InChI=1S/C28H42N8O3/c1-19(2)35-27-23(16-29)26(33-11-5-6-12-34-28(38)24(30)10-13-31-3)15-25(36-27)20-8-7-9-22(14-20)39-18-21(37)17-32-4/h7-10,13-16,19,21,29-32,37H,5-6,11-12,17-18H2,1-4H3,(H,34,38)(H2,33,35,36)/b13-10-,29-16?,30-24?. The number of ether oxygens (including phenoxy) is 1. The van der Waals surface area contributed by atoms with Crippen LogP contribution in [0, 0.1) is 10.8 Å². The highest BCUT2D eigenvalue weighted by molar-refractivity contribution is 6.42. The second-order valence-electron chi connectivity index (χ2n) is 9.24. The molecule has 0 aliphatic heterocycles. The molecule has 39 heavy (non-hydrogen) atoms. The third-order valence-corrected chi connectivity index (χ3v) is 5.51. The molecule has 0 radical (unpaired) electrons. The number of aliphatic hydroxyl groups excluding tert-OH is 1. The van der Waals surface area contributed by atoms with Gasteiger partial charge in [-0.2, -0.15) is 0 Å². The predicted octanol–water partition coefficient (Wildman–Crippen LogP) is 2.59. The van der Waals surface area contributed by atoms with Crippen molar-refractivity contribution in [3.8, 4) is 17.0 Å². The molecule has 2 rings (SSSR count). The number of unbranched alkanes of at least 4 members (excludes halogenated alkanes) is 1. The van der Waals surface area contributed by atoms with E-state index in [4.69, 9.17) is 20.5 Å². The van der Waals surface area contributed by atoms with Crippen LogP contribution in [0.15, 0.2) is 42.6 Å². The highest BCUT2D eigenvalue weighted by Crippen LogP contribution is 2.30. The molecule has 1 aromatic carbocycles. The Morgan fingerprint density at radius 1 is 1.18 bits per heavy atom. The minimum Gasteiger partial charge on any atom is -0.491 e. The van der Waals surface area contributed by atoms with Crippen LogP contribution < -0.4 is 31.3 Å². The summed E-state index contributed by atoms with van der Waals surface area (Å²) in [6.07, 6.45) is 5.13. The van der Waals surface area contributed by atoms with Crippen LogP contribution in [0.2, 0.25) is 0 Å². The lowest BCUT2D eigenvalue weighted by Gasteiger charge is -2.18. The maximum absolute atomic E-state index is 11.9. The van der Waals surface area contributed by atoms with Crippen molar-refractivity contribution in [2.45, 2.75) is 38.8 Å². The Labute approximate surface area is 230 Å². The van der Waals surface area contributed by atoms with Crippen molar-refractivity contribution in [3.05, 3.63) is 48.2 Å². The summed E-state index contributed by atoms with van der Waals surface area (Å²) in [7, 11) is 3.48. The van der Waals surface area contributed by atoms with Gasteiger partial charge in [0.15, 0.2) is 0 Å². The van der Waals surface area contributed by atoms with E-state index in [1.54, 1.807) is 14.1 Å². The van der Waals surface area contributed by atoms with Gasteiger partial charge in [-0.3, -0.25) is 10.2 Å². The molecule has 2 aromatic rings. The van der Waals surface area contributed by atoms with Crippen LogP contribution in [-0.2, 0) is 4.79 Å². The minimum atomic E-state index is -0.614. The van der Waals surface area contributed by atoms with E-state index in [-0.39, 0.29) is 18.4 Å². The average molecular weight is 539 g/mol. The van der Waals surface area contributed by atoms with Crippen LogP contribution in [0.4, 0.5) is 11.5 Å². The highest BCUT2D eigenvalue weighted by atomic mass is 16.5. The lowest BCUT2D eigenvalue weighted by Crippen LogP contribution is -2.30. The quantitative estimate of drug-likeness (QED) is 0.106. The van der Waals surface area contributed by atoms with Crippen molar-refractivity contribution < 1.29 is 14.6 Å². The SMILES string of the molecule is CN/C=C\C(=N)C(=O)NCCCCNc1cc(-c2cccc(OCC(O)CNC)c2)nc(NC(C)C)c1C=N. The van der Waals surface area contributed by atoms with Crippen LogP contribution >= 0.6 is 0 Å². The zero-order chi connectivity index (χ0) is 28.6. The van der Waals surface area contributed by atoms with Gasteiger partial charge in [-0.25, -0.2) is 4.98 Å². The third kappa shape index (κ3) is 10.7. The van der Waals surface area contributed by atoms with Crippen LogP contribution in [0.5, 0.6) is 5.75 Å². The van der Waals surface area contributed by atoms with Gasteiger partial charge < -0.3 is 41.8 Å². The summed E-state index contributed by atoms with van der Waals surface area (Å²) in [4.78, 5) is 16.7. The van der Waals surface area contributed by atoms with Gasteiger partial charge in [0.2, 0.25) is 0 Å². The fourth-order valence-electron chi connectivity index (χ4n) is 3.62. The molecular weight excluding hydrogens is 496 g/mol. The van der Waals surface area contributed by atoms with Crippen LogP contribution in [0.1, 0.15) is 32.3 Å². The molecule has 8 N–H and O–H groups in total. The Kier molecular flexibility index (Phi) is 13.5. The predicted molar refractivity (Wildman–Crippen MR) is 158 cm³/mol. The fourth-order valence-corrected chi connectivity index (χ4v) is 3.62. The topological polar surface area (TPSA) is 167 Å². The summed E-state index contributed by atoms with van der Waals surface area (Å²) in [6.45, 7) is 5.74. The first kappa shape index (κ1) is 31.3. The molecule has 11 heteroatoms. The lowest BCUT2D eigenvalue weighted by atomic mass is 10.1. The number of aromatic nitrogens is 1. The van der Waals surface area contributed by atoms with Crippen LogP contribution in [0.3, 0.4) is 0 Å². The summed E-state index contributed by atoms with van der Waals surface area (Å²) in [5, 5.41) is 40.9. The number of anilines is 2. The number of nitrogens with one attached hydrogen (secondary N) is 7. The van der Waals surface area contributed by atoms with Crippen molar-refractivity contribution in [1.29, 1.82) is 10.8 Å².